The van der Waals surface area contributed by atoms with Crippen LogP contribution in [0.3, 0.4) is 0 Å². The van der Waals surface area contributed by atoms with Crippen molar-refractivity contribution in [2.24, 2.45) is 0 Å². The lowest BCUT2D eigenvalue weighted by Gasteiger charge is -2.24. The molecule has 0 saturated carbocycles. The van der Waals surface area contributed by atoms with Crippen LogP contribution in [0.4, 0.5) is 15.8 Å². The second-order valence-corrected chi connectivity index (χ2v) is 7.68. The summed E-state index contributed by atoms with van der Waals surface area (Å²) in [6, 6.07) is 20.2. The molecule has 160 valence electrons. The third kappa shape index (κ3) is 5.77. The van der Waals surface area contributed by atoms with E-state index >= 15 is 0 Å². The van der Waals surface area contributed by atoms with Gasteiger partial charge < -0.3 is 15.5 Å². The first-order chi connectivity index (χ1) is 14.8. The van der Waals surface area contributed by atoms with E-state index in [9.17, 15) is 14.0 Å². The van der Waals surface area contributed by atoms with Crippen molar-refractivity contribution in [1.82, 2.24) is 0 Å². The van der Waals surface area contributed by atoms with Crippen molar-refractivity contribution < 1.29 is 18.9 Å². The Morgan fingerprint density at radius 3 is 2.10 bits per heavy atom. The van der Waals surface area contributed by atoms with E-state index in [1.54, 1.807) is 0 Å². The van der Waals surface area contributed by atoms with Crippen LogP contribution in [-0.2, 0) is 9.59 Å². The fourth-order valence-electron chi connectivity index (χ4n) is 3.60. The van der Waals surface area contributed by atoms with Crippen molar-refractivity contribution in [1.29, 1.82) is 0 Å². The second-order valence-electron chi connectivity index (χ2n) is 7.68. The van der Waals surface area contributed by atoms with Gasteiger partial charge in [-0.15, -0.1) is 0 Å². The zero-order valence-electron chi connectivity index (χ0n) is 17.9. The molecule has 0 aliphatic heterocycles. The number of para-hydroxylation sites is 1. The summed E-state index contributed by atoms with van der Waals surface area (Å²) in [5.41, 5.74) is 4.06. The van der Waals surface area contributed by atoms with E-state index in [4.69, 9.17) is 0 Å². The molecule has 0 bridgehead atoms. The summed E-state index contributed by atoms with van der Waals surface area (Å²) in [6.07, 6.45) is 0. The number of quaternary nitrogens is 1. The zero-order chi connectivity index (χ0) is 22.4. The van der Waals surface area contributed by atoms with Crippen molar-refractivity contribution in [3.63, 3.8) is 0 Å². The topological polar surface area (TPSA) is 62.6 Å². The lowest BCUT2D eigenvalue weighted by Crippen LogP contribution is -3.11. The smallest absolute Gasteiger partial charge is 0.287 e. The number of benzene rings is 3. The summed E-state index contributed by atoms with van der Waals surface area (Å²) in [5, 5.41) is 5.81. The highest BCUT2D eigenvalue weighted by Crippen LogP contribution is 2.19. The van der Waals surface area contributed by atoms with Gasteiger partial charge in [-0.1, -0.05) is 48.5 Å². The average molecular weight is 421 g/mol. The SMILES string of the molecule is Cc1cccc(C)c1NC(=O)C[NH+](C)[C@@H](C(=O)Nc1ccc(F)cc1)c1ccccc1. The fraction of sp³-hybridized carbons (Fsp3) is 0.200. The largest absolute Gasteiger partial charge is 0.321 e. The molecule has 5 nitrogen and oxygen atoms in total. The van der Waals surface area contributed by atoms with Gasteiger partial charge in [0.1, 0.15) is 5.82 Å². The molecule has 2 amide bonds. The molecule has 3 N–H and O–H groups in total. The Morgan fingerprint density at radius 1 is 0.871 bits per heavy atom. The molecule has 31 heavy (non-hydrogen) atoms. The standard InChI is InChI=1S/C25H26FN3O2/c1-17-8-7-9-18(2)23(17)28-22(30)16-29(3)24(19-10-5-4-6-11-19)25(31)27-21-14-12-20(26)13-15-21/h4-15,24H,16H2,1-3H3,(H,27,31)(H,28,30)/p+1/t24-/m1/s1. The fourth-order valence-corrected chi connectivity index (χ4v) is 3.60. The number of halogens is 1. The molecule has 3 aromatic carbocycles. The van der Waals surface area contributed by atoms with Crippen LogP contribution in [0.25, 0.3) is 0 Å². The van der Waals surface area contributed by atoms with E-state index in [2.05, 4.69) is 10.6 Å². The molecule has 0 aliphatic rings. The molecule has 0 heterocycles. The number of amides is 2. The minimum atomic E-state index is -0.616. The summed E-state index contributed by atoms with van der Waals surface area (Å²) in [4.78, 5) is 26.6. The number of rotatable bonds is 7. The number of likely N-dealkylation sites (N-methyl/N-ethyl adjacent to an activating group) is 1. The molecule has 0 spiro atoms. The summed E-state index contributed by atoms with van der Waals surface area (Å²) in [7, 11) is 1.81. The minimum absolute atomic E-state index is 0.101. The first-order valence-electron chi connectivity index (χ1n) is 10.1. The highest BCUT2D eigenvalue weighted by atomic mass is 19.1. The Labute approximate surface area is 181 Å². The maximum atomic E-state index is 13.2. The third-order valence-corrected chi connectivity index (χ3v) is 5.18. The molecule has 2 atom stereocenters. The highest BCUT2D eigenvalue weighted by molar-refractivity contribution is 5.95. The number of nitrogens with one attached hydrogen (secondary N) is 3. The van der Waals surface area contributed by atoms with Crippen molar-refractivity contribution in [2.45, 2.75) is 19.9 Å². The highest BCUT2D eigenvalue weighted by Gasteiger charge is 2.30. The predicted molar refractivity (Wildman–Crippen MR) is 121 cm³/mol. The zero-order valence-corrected chi connectivity index (χ0v) is 17.9. The number of hydrogen-bond donors (Lipinski definition) is 3. The van der Waals surface area contributed by atoms with Crippen LogP contribution in [0.2, 0.25) is 0 Å². The van der Waals surface area contributed by atoms with Gasteiger partial charge >= 0.3 is 0 Å². The lowest BCUT2D eigenvalue weighted by molar-refractivity contribution is -0.893. The van der Waals surface area contributed by atoms with Gasteiger partial charge in [0.15, 0.2) is 12.6 Å². The Balaban J connectivity index is 1.77. The van der Waals surface area contributed by atoms with Gasteiger partial charge in [-0.25, -0.2) is 4.39 Å². The summed E-state index contributed by atoms with van der Waals surface area (Å²) >= 11 is 0. The monoisotopic (exact) mass is 420 g/mol. The molecule has 0 aromatic heterocycles. The maximum Gasteiger partial charge on any atom is 0.287 e. The van der Waals surface area contributed by atoms with Gasteiger partial charge in [-0.3, -0.25) is 9.59 Å². The van der Waals surface area contributed by atoms with E-state index in [0.717, 1.165) is 27.3 Å². The van der Waals surface area contributed by atoms with Crippen LogP contribution >= 0.6 is 0 Å². The second kappa shape index (κ2) is 10.00. The van der Waals surface area contributed by atoms with Crippen LogP contribution in [0.1, 0.15) is 22.7 Å². The van der Waals surface area contributed by atoms with Crippen molar-refractivity contribution in [3.8, 4) is 0 Å². The molecule has 6 heteroatoms. The molecule has 3 aromatic rings. The predicted octanol–water partition coefficient (Wildman–Crippen LogP) is 3.28. The molecule has 0 aliphatic carbocycles. The van der Waals surface area contributed by atoms with Gasteiger partial charge in [-0.05, 0) is 49.2 Å². The molecule has 0 saturated heterocycles. The van der Waals surface area contributed by atoms with Crippen LogP contribution < -0.4 is 15.5 Å². The Kier molecular flexibility index (Phi) is 7.15. The summed E-state index contributed by atoms with van der Waals surface area (Å²) in [5.74, 6) is -0.816. The van der Waals surface area contributed by atoms with E-state index in [-0.39, 0.29) is 24.2 Å². The van der Waals surface area contributed by atoms with Gasteiger partial charge in [0.25, 0.3) is 11.8 Å². The Morgan fingerprint density at radius 2 is 1.48 bits per heavy atom. The molecular weight excluding hydrogens is 393 g/mol. The van der Waals surface area contributed by atoms with Crippen molar-refractivity contribution in [2.75, 3.05) is 24.2 Å². The summed E-state index contributed by atoms with van der Waals surface area (Å²) in [6.45, 7) is 3.99. The minimum Gasteiger partial charge on any atom is -0.321 e. The van der Waals surface area contributed by atoms with E-state index < -0.39 is 6.04 Å². The number of anilines is 2. The van der Waals surface area contributed by atoms with Gasteiger partial charge in [0, 0.05) is 16.9 Å². The van der Waals surface area contributed by atoms with Gasteiger partial charge in [-0.2, -0.15) is 0 Å². The molecular formula is C25H27FN3O2+. The Bertz CT molecular complexity index is 1030. The van der Waals surface area contributed by atoms with Crippen molar-refractivity contribution in [3.05, 3.63) is 95.3 Å². The maximum absolute atomic E-state index is 13.2. The van der Waals surface area contributed by atoms with Crippen molar-refractivity contribution >= 4 is 23.2 Å². The van der Waals surface area contributed by atoms with E-state index in [1.807, 2.05) is 69.4 Å². The number of hydrogen-bond acceptors (Lipinski definition) is 2. The third-order valence-electron chi connectivity index (χ3n) is 5.18. The normalized spacial score (nSPS) is 12.6. The molecule has 3 rings (SSSR count). The Hall–Kier alpha value is -3.51. The molecule has 1 unspecified atom stereocenters. The summed E-state index contributed by atoms with van der Waals surface area (Å²) < 4.78 is 13.2. The van der Waals surface area contributed by atoms with Crippen LogP contribution in [0.15, 0.2) is 72.8 Å². The molecule has 0 fully saturated rings. The van der Waals surface area contributed by atoms with Gasteiger partial charge in [0.2, 0.25) is 0 Å². The van der Waals surface area contributed by atoms with Gasteiger partial charge in [0.05, 0.1) is 7.05 Å². The quantitative estimate of drug-likeness (QED) is 0.549. The number of aryl methyl sites for hydroxylation is 2. The lowest BCUT2D eigenvalue weighted by atomic mass is 10.0. The first kappa shape index (κ1) is 22.2. The number of carbonyl (C=O) groups excluding carboxylic acids is 2. The first-order valence-corrected chi connectivity index (χ1v) is 10.1. The van der Waals surface area contributed by atoms with E-state index in [0.29, 0.717) is 5.69 Å². The van der Waals surface area contributed by atoms with Crippen LogP contribution in [0, 0.1) is 19.7 Å². The average Bonchev–Trinajstić information content (AvgIpc) is 2.73. The van der Waals surface area contributed by atoms with Crippen LogP contribution in [-0.4, -0.2) is 25.4 Å². The van der Waals surface area contributed by atoms with Crippen LogP contribution in [0.5, 0.6) is 0 Å². The molecule has 0 radical (unpaired) electrons. The van der Waals surface area contributed by atoms with E-state index in [1.165, 1.54) is 24.3 Å². The number of carbonyl (C=O) groups is 2.